The average molecular weight is 360 g/mol. The molecule has 1 aliphatic carbocycles. The van der Waals surface area contributed by atoms with E-state index in [0.717, 1.165) is 41.8 Å². The van der Waals surface area contributed by atoms with E-state index in [1.165, 1.54) is 0 Å². The first-order valence-corrected chi connectivity index (χ1v) is 9.49. The second-order valence-electron chi connectivity index (χ2n) is 6.74. The van der Waals surface area contributed by atoms with Gasteiger partial charge in [0.25, 0.3) is 0 Å². The van der Waals surface area contributed by atoms with Gasteiger partial charge in [-0.2, -0.15) is 0 Å². The Kier molecular flexibility index (Phi) is 4.29. The molecule has 3 atom stereocenters. The first-order chi connectivity index (χ1) is 12.1. The van der Waals surface area contributed by atoms with Gasteiger partial charge in [0.15, 0.2) is 0 Å². The van der Waals surface area contributed by atoms with Crippen LogP contribution in [0.4, 0.5) is 5.82 Å². The number of amides is 1. The van der Waals surface area contributed by atoms with Crippen molar-refractivity contribution in [3.63, 3.8) is 0 Å². The molecule has 0 radical (unpaired) electrons. The zero-order valence-electron chi connectivity index (χ0n) is 13.7. The summed E-state index contributed by atoms with van der Waals surface area (Å²) in [7, 11) is 0. The number of hydrogen-bond acceptors (Lipinski definition) is 6. The fourth-order valence-corrected chi connectivity index (χ4v) is 4.66. The quantitative estimate of drug-likeness (QED) is 0.866. The maximum atomic E-state index is 12.8. The first kappa shape index (κ1) is 16.3. The lowest BCUT2D eigenvalue weighted by molar-refractivity contribution is -0.141. The number of carbonyl (C=O) groups excluding carboxylic acids is 1. The van der Waals surface area contributed by atoms with E-state index in [2.05, 4.69) is 20.2 Å². The molecule has 0 bridgehead atoms. The van der Waals surface area contributed by atoms with E-state index in [1.54, 1.807) is 17.7 Å². The highest BCUT2D eigenvalue weighted by molar-refractivity contribution is 7.16. The van der Waals surface area contributed by atoms with Gasteiger partial charge in [0.2, 0.25) is 5.91 Å². The number of rotatable bonds is 4. The van der Waals surface area contributed by atoms with Gasteiger partial charge in [-0.25, -0.2) is 9.97 Å². The standard InChI is InChI=1S/C17H20N4O3S/c22-15(20-11-4-3-10(8-11)17(23)24)13-2-1-6-21(13)14-12-5-7-25-16(12)19-9-18-14/h5,7,9-11,13H,1-4,6,8H2,(H,20,22)(H,23,24)/t10-,11+,13?/m0/s1. The van der Waals surface area contributed by atoms with Crippen molar-refractivity contribution in [2.24, 2.45) is 5.92 Å². The maximum Gasteiger partial charge on any atom is 0.306 e. The number of hydrogen-bond donors (Lipinski definition) is 2. The Hall–Kier alpha value is -2.22. The molecule has 2 fully saturated rings. The molecule has 2 aliphatic rings. The number of anilines is 1. The molecular weight excluding hydrogens is 340 g/mol. The van der Waals surface area contributed by atoms with Gasteiger partial charge < -0.3 is 15.3 Å². The summed E-state index contributed by atoms with van der Waals surface area (Å²) in [6.45, 7) is 0.794. The highest BCUT2D eigenvalue weighted by Crippen LogP contribution is 2.32. The van der Waals surface area contributed by atoms with Crippen LogP contribution in [0.5, 0.6) is 0 Å². The van der Waals surface area contributed by atoms with Gasteiger partial charge in [-0.3, -0.25) is 9.59 Å². The van der Waals surface area contributed by atoms with Crippen LogP contribution in [0.25, 0.3) is 10.2 Å². The monoisotopic (exact) mass is 360 g/mol. The van der Waals surface area contributed by atoms with E-state index in [9.17, 15) is 9.59 Å². The maximum absolute atomic E-state index is 12.8. The molecular formula is C17H20N4O3S. The molecule has 8 heteroatoms. The number of carboxylic acids is 1. The van der Waals surface area contributed by atoms with Crippen LogP contribution in [-0.2, 0) is 9.59 Å². The number of aliphatic carboxylic acids is 1. The minimum atomic E-state index is -0.764. The summed E-state index contributed by atoms with van der Waals surface area (Å²) in [5.41, 5.74) is 0. The summed E-state index contributed by atoms with van der Waals surface area (Å²) < 4.78 is 0. The topological polar surface area (TPSA) is 95.4 Å². The number of carboxylic acid groups (broad SMARTS) is 1. The van der Waals surface area contributed by atoms with Crippen molar-refractivity contribution in [1.29, 1.82) is 0 Å². The number of fused-ring (bicyclic) bond motifs is 1. The molecule has 0 aromatic carbocycles. The third kappa shape index (κ3) is 3.06. The van der Waals surface area contributed by atoms with Gasteiger partial charge >= 0.3 is 5.97 Å². The van der Waals surface area contributed by atoms with E-state index in [-0.39, 0.29) is 23.9 Å². The summed E-state index contributed by atoms with van der Waals surface area (Å²) in [5.74, 6) is -0.299. The number of aromatic nitrogens is 2. The molecule has 7 nitrogen and oxygen atoms in total. The molecule has 3 heterocycles. The predicted octanol–water partition coefficient (Wildman–Crippen LogP) is 2.03. The Labute approximate surface area is 149 Å². The Morgan fingerprint density at radius 1 is 1.28 bits per heavy atom. The molecule has 1 amide bonds. The highest BCUT2D eigenvalue weighted by atomic mass is 32.1. The van der Waals surface area contributed by atoms with Crippen LogP contribution in [0, 0.1) is 5.92 Å². The summed E-state index contributed by atoms with van der Waals surface area (Å²) in [5, 5.41) is 15.1. The van der Waals surface area contributed by atoms with Crippen LogP contribution in [-0.4, -0.2) is 45.6 Å². The summed E-state index contributed by atoms with van der Waals surface area (Å²) in [6, 6.07) is 1.71. The van der Waals surface area contributed by atoms with E-state index in [1.807, 2.05) is 11.4 Å². The Morgan fingerprint density at radius 3 is 2.96 bits per heavy atom. The second kappa shape index (κ2) is 6.59. The normalized spacial score (nSPS) is 26.2. The zero-order chi connectivity index (χ0) is 17.4. The summed E-state index contributed by atoms with van der Waals surface area (Å²) in [4.78, 5) is 35.6. The van der Waals surface area contributed by atoms with Gasteiger partial charge in [-0.15, -0.1) is 11.3 Å². The number of thiophene rings is 1. The number of nitrogens with one attached hydrogen (secondary N) is 1. The number of nitrogens with zero attached hydrogens (tertiary/aromatic N) is 3. The van der Waals surface area contributed by atoms with Crippen molar-refractivity contribution < 1.29 is 14.7 Å². The van der Waals surface area contributed by atoms with Crippen molar-refractivity contribution in [3.05, 3.63) is 17.8 Å². The molecule has 2 aromatic heterocycles. The van der Waals surface area contributed by atoms with E-state index >= 15 is 0 Å². The fourth-order valence-electron chi connectivity index (χ4n) is 3.93. The SMILES string of the molecule is O=C(N[C@@H]1CC[C@H](C(=O)O)C1)C1CCCN1c1ncnc2sccc12. The Balaban J connectivity index is 1.49. The lowest BCUT2D eigenvalue weighted by Gasteiger charge is -2.26. The second-order valence-corrected chi connectivity index (χ2v) is 7.64. The molecule has 2 N–H and O–H groups in total. The molecule has 1 saturated heterocycles. The third-order valence-corrected chi connectivity index (χ3v) is 6.02. The molecule has 1 aliphatic heterocycles. The van der Waals surface area contributed by atoms with Crippen molar-refractivity contribution in [1.82, 2.24) is 15.3 Å². The van der Waals surface area contributed by atoms with E-state index in [0.29, 0.717) is 12.8 Å². The van der Waals surface area contributed by atoms with Crippen LogP contribution < -0.4 is 10.2 Å². The van der Waals surface area contributed by atoms with Gasteiger partial charge in [0, 0.05) is 12.6 Å². The molecule has 2 aromatic rings. The van der Waals surface area contributed by atoms with Crippen molar-refractivity contribution in [2.75, 3.05) is 11.4 Å². The van der Waals surface area contributed by atoms with Crippen LogP contribution in [0.2, 0.25) is 0 Å². The summed E-state index contributed by atoms with van der Waals surface area (Å²) >= 11 is 1.57. The largest absolute Gasteiger partial charge is 0.481 e. The zero-order valence-corrected chi connectivity index (χ0v) is 14.5. The number of carbonyl (C=O) groups is 2. The molecule has 1 unspecified atom stereocenters. The van der Waals surface area contributed by atoms with Crippen LogP contribution in [0.15, 0.2) is 17.8 Å². The van der Waals surface area contributed by atoms with Gasteiger partial charge in [0.05, 0.1) is 11.3 Å². The van der Waals surface area contributed by atoms with Crippen molar-refractivity contribution in [3.8, 4) is 0 Å². The van der Waals surface area contributed by atoms with Gasteiger partial charge in [-0.05, 0) is 43.6 Å². The molecule has 1 saturated carbocycles. The minimum Gasteiger partial charge on any atom is -0.481 e. The van der Waals surface area contributed by atoms with Crippen molar-refractivity contribution in [2.45, 2.75) is 44.2 Å². The summed E-state index contributed by atoms with van der Waals surface area (Å²) in [6.07, 6.45) is 5.17. The van der Waals surface area contributed by atoms with Crippen LogP contribution in [0.1, 0.15) is 32.1 Å². The fraction of sp³-hybridized carbons (Fsp3) is 0.529. The molecule has 132 valence electrons. The Bertz CT molecular complexity index is 808. The predicted molar refractivity (Wildman–Crippen MR) is 94.7 cm³/mol. The van der Waals surface area contributed by atoms with Gasteiger partial charge in [0.1, 0.15) is 23.0 Å². The minimum absolute atomic E-state index is 0.0180. The van der Waals surface area contributed by atoms with E-state index in [4.69, 9.17) is 5.11 Å². The molecule has 25 heavy (non-hydrogen) atoms. The van der Waals surface area contributed by atoms with Crippen molar-refractivity contribution >= 4 is 39.2 Å². The lowest BCUT2D eigenvalue weighted by atomic mass is 10.1. The first-order valence-electron chi connectivity index (χ1n) is 8.61. The van der Waals surface area contributed by atoms with Gasteiger partial charge in [-0.1, -0.05) is 0 Å². The Morgan fingerprint density at radius 2 is 2.16 bits per heavy atom. The molecule has 4 rings (SSSR count). The lowest BCUT2D eigenvalue weighted by Crippen LogP contribution is -2.46. The average Bonchev–Trinajstić information content (AvgIpc) is 3.33. The smallest absolute Gasteiger partial charge is 0.306 e. The van der Waals surface area contributed by atoms with Crippen LogP contribution >= 0.6 is 11.3 Å². The third-order valence-electron chi connectivity index (χ3n) is 5.20. The van der Waals surface area contributed by atoms with E-state index < -0.39 is 5.97 Å². The highest BCUT2D eigenvalue weighted by Gasteiger charge is 2.36. The molecule has 0 spiro atoms. The van der Waals surface area contributed by atoms with Crippen LogP contribution in [0.3, 0.4) is 0 Å².